The summed E-state index contributed by atoms with van der Waals surface area (Å²) in [5.74, 6) is 0.572. The number of aryl methyl sites for hydroxylation is 2. The molecule has 24 heavy (non-hydrogen) atoms. The third-order valence-corrected chi connectivity index (χ3v) is 3.67. The zero-order chi connectivity index (χ0) is 17.7. The Hall–Kier alpha value is -2.89. The first kappa shape index (κ1) is 17.5. The number of nitrogens with zero attached hydrogens (tertiary/aromatic N) is 2. The van der Waals surface area contributed by atoms with Crippen molar-refractivity contribution in [1.82, 2.24) is 4.90 Å². The smallest absolute Gasteiger partial charge is 0.272 e. The third kappa shape index (κ3) is 4.32. The molecule has 1 amide bonds. The summed E-state index contributed by atoms with van der Waals surface area (Å²) < 4.78 is 5.63. The zero-order valence-corrected chi connectivity index (χ0v) is 14.0. The van der Waals surface area contributed by atoms with Crippen LogP contribution in [0.2, 0.25) is 0 Å². The highest BCUT2D eigenvalue weighted by Crippen LogP contribution is 2.19. The van der Waals surface area contributed by atoms with Gasteiger partial charge in [-0.15, -0.1) is 0 Å². The monoisotopic (exact) mass is 328 g/mol. The number of carbonyl (C=O) groups excluding carboxylic acids is 1. The van der Waals surface area contributed by atoms with E-state index in [1.807, 2.05) is 31.2 Å². The van der Waals surface area contributed by atoms with Crippen LogP contribution in [0.3, 0.4) is 0 Å². The largest absolute Gasteiger partial charge is 0.492 e. The topological polar surface area (TPSA) is 72.7 Å². The van der Waals surface area contributed by atoms with Crippen molar-refractivity contribution in [2.45, 2.75) is 13.8 Å². The summed E-state index contributed by atoms with van der Waals surface area (Å²) >= 11 is 0. The van der Waals surface area contributed by atoms with Gasteiger partial charge in [0.25, 0.3) is 11.6 Å². The van der Waals surface area contributed by atoms with Crippen molar-refractivity contribution < 1.29 is 14.5 Å². The van der Waals surface area contributed by atoms with Gasteiger partial charge < -0.3 is 9.64 Å². The normalized spacial score (nSPS) is 10.3. The number of nitro benzene ring substituents is 1. The van der Waals surface area contributed by atoms with E-state index in [2.05, 4.69) is 0 Å². The molecule has 0 N–H and O–H groups in total. The molecule has 0 saturated carbocycles. The van der Waals surface area contributed by atoms with Crippen LogP contribution >= 0.6 is 0 Å². The highest BCUT2D eigenvalue weighted by molar-refractivity contribution is 5.94. The van der Waals surface area contributed by atoms with Gasteiger partial charge >= 0.3 is 0 Å². The molecule has 6 heteroatoms. The fraction of sp³-hybridized carbons (Fsp3) is 0.278. The average Bonchev–Trinajstić information content (AvgIpc) is 2.53. The van der Waals surface area contributed by atoms with Gasteiger partial charge in [0.05, 0.1) is 11.5 Å². The van der Waals surface area contributed by atoms with Gasteiger partial charge in [-0.2, -0.15) is 0 Å². The van der Waals surface area contributed by atoms with Crippen molar-refractivity contribution in [2.24, 2.45) is 0 Å². The van der Waals surface area contributed by atoms with Crippen molar-refractivity contribution in [3.63, 3.8) is 0 Å². The van der Waals surface area contributed by atoms with Crippen molar-refractivity contribution in [3.8, 4) is 5.75 Å². The molecule has 0 fully saturated rings. The maximum atomic E-state index is 12.4. The molecule has 0 aromatic heterocycles. The van der Waals surface area contributed by atoms with E-state index < -0.39 is 4.92 Å². The number of carbonyl (C=O) groups is 1. The van der Waals surface area contributed by atoms with Gasteiger partial charge in [-0.3, -0.25) is 14.9 Å². The lowest BCUT2D eigenvalue weighted by Crippen LogP contribution is -2.30. The number of benzene rings is 2. The van der Waals surface area contributed by atoms with E-state index in [4.69, 9.17) is 4.74 Å². The minimum Gasteiger partial charge on any atom is -0.492 e. The predicted molar refractivity (Wildman–Crippen MR) is 91.5 cm³/mol. The average molecular weight is 328 g/mol. The van der Waals surface area contributed by atoms with Gasteiger partial charge in [-0.05, 0) is 43.7 Å². The highest BCUT2D eigenvalue weighted by Gasteiger charge is 2.16. The Balaban J connectivity index is 1.94. The molecular formula is C18H20N2O4. The molecule has 0 spiro atoms. The molecule has 2 aromatic rings. The molecule has 0 atom stereocenters. The summed E-state index contributed by atoms with van der Waals surface area (Å²) in [6.45, 7) is 4.40. The molecule has 2 aromatic carbocycles. The van der Waals surface area contributed by atoms with Crippen molar-refractivity contribution in [2.75, 3.05) is 20.2 Å². The summed E-state index contributed by atoms with van der Waals surface area (Å²) in [4.78, 5) is 24.3. The Bertz CT molecular complexity index is 758. The molecule has 0 heterocycles. The van der Waals surface area contributed by atoms with Crippen LogP contribution < -0.4 is 4.74 Å². The molecule has 6 nitrogen and oxygen atoms in total. The molecular weight excluding hydrogens is 308 g/mol. The lowest BCUT2D eigenvalue weighted by molar-refractivity contribution is -0.385. The number of rotatable bonds is 6. The van der Waals surface area contributed by atoms with E-state index in [-0.39, 0.29) is 11.6 Å². The fourth-order valence-electron chi connectivity index (χ4n) is 2.32. The second-order valence-electron chi connectivity index (χ2n) is 5.65. The van der Waals surface area contributed by atoms with Crippen LogP contribution in [0, 0.1) is 24.0 Å². The van der Waals surface area contributed by atoms with Crippen LogP contribution in [0.25, 0.3) is 0 Å². The molecule has 0 unspecified atom stereocenters. The molecule has 0 aliphatic rings. The molecule has 0 saturated heterocycles. The summed E-state index contributed by atoms with van der Waals surface area (Å²) in [6.07, 6.45) is 0. The zero-order valence-electron chi connectivity index (χ0n) is 14.0. The number of hydrogen-bond acceptors (Lipinski definition) is 4. The molecule has 0 bridgehead atoms. The quantitative estimate of drug-likeness (QED) is 0.602. The minimum absolute atomic E-state index is 0.0111. The summed E-state index contributed by atoms with van der Waals surface area (Å²) in [6, 6.07) is 12.1. The van der Waals surface area contributed by atoms with Crippen LogP contribution in [0.1, 0.15) is 21.5 Å². The second kappa shape index (κ2) is 7.59. The summed E-state index contributed by atoms with van der Waals surface area (Å²) in [7, 11) is 1.68. The van der Waals surface area contributed by atoms with Gasteiger partial charge in [-0.1, -0.05) is 12.1 Å². The van der Waals surface area contributed by atoms with E-state index in [1.165, 1.54) is 17.0 Å². The van der Waals surface area contributed by atoms with E-state index in [1.54, 1.807) is 20.0 Å². The summed E-state index contributed by atoms with van der Waals surface area (Å²) in [5.41, 5.74) is 2.02. The predicted octanol–water partition coefficient (Wildman–Crippen LogP) is 3.36. The van der Waals surface area contributed by atoms with E-state index in [9.17, 15) is 14.9 Å². The Morgan fingerprint density at radius 1 is 1.21 bits per heavy atom. The maximum Gasteiger partial charge on any atom is 0.272 e. The number of amides is 1. The number of nitro groups is 1. The summed E-state index contributed by atoms with van der Waals surface area (Å²) in [5, 5.41) is 10.8. The van der Waals surface area contributed by atoms with Gasteiger partial charge in [0.1, 0.15) is 12.4 Å². The SMILES string of the molecule is Cc1cccc(OCCN(C)C(=O)c2ccc([N+](=O)[O-])c(C)c2)c1. The maximum absolute atomic E-state index is 12.4. The molecule has 0 aliphatic carbocycles. The van der Waals surface area contributed by atoms with Crippen LogP contribution in [0.15, 0.2) is 42.5 Å². The van der Waals surface area contributed by atoms with E-state index in [0.29, 0.717) is 24.3 Å². The number of likely N-dealkylation sites (N-methyl/N-ethyl adjacent to an activating group) is 1. The third-order valence-electron chi connectivity index (χ3n) is 3.67. The molecule has 2 rings (SSSR count). The van der Waals surface area contributed by atoms with Crippen molar-refractivity contribution >= 4 is 11.6 Å². The van der Waals surface area contributed by atoms with Crippen molar-refractivity contribution in [1.29, 1.82) is 0 Å². The van der Waals surface area contributed by atoms with E-state index in [0.717, 1.165) is 11.3 Å². The number of ether oxygens (including phenoxy) is 1. The van der Waals surface area contributed by atoms with Crippen LogP contribution in [-0.2, 0) is 0 Å². The highest BCUT2D eigenvalue weighted by atomic mass is 16.6. The number of hydrogen-bond donors (Lipinski definition) is 0. The van der Waals surface area contributed by atoms with E-state index >= 15 is 0 Å². The standard InChI is InChI=1S/C18H20N2O4/c1-13-5-4-6-16(11-13)24-10-9-19(3)18(21)15-7-8-17(20(22)23)14(2)12-15/h4-8,11-12H,9-10H2,1-3H3. The first-order chi connectivity index (χ1) is 11.4. The first-order valence-electron chi connectivity index (χ1n) is 7.58. The van der Waals surface area contributed by atoms with Gasteiger partial charge in [0, 0.05) is 24.2 Å². The minimum atomic E-state index is -0.455. The second-order valence-corrected chi connectivity index (χ2v) is 5.65. The van der Waals surface area contributed by atoms with Crippen LogP contribution in [0.5, 0.6) is 5.75 Å². The van der Waals surface area contributed by atoms with Gasteiger partial charge in [0.2, 0.25) is 0 Å². The Labute approximate surface area is 140 Å². The fourth-order valence-corrected chi connectivity index (χ4v) is 2.32. The van der Waals surface area contributed by atoms with Crippen LogP contribution in [-0.4, -0.2) is 35.9 Å². The van der Waals surface area contributed by atoms with Crippen LogP contribution in [0.4, 0.5) is 5.69 Å². The lowest BCUT2D eigenvalue weighted by Gasteiger charge is -2.18. The Morgan fingerprint density at radius 3 is 2.58 bits per heavy atom. The Kier molecular flexibility index (Phi) is 5.52. The molecule has 126 valence electrons. The first-order valence-corrected chi connectivity index (χ1v) is 7.58. The lowest BCUT2D eigenvalue weighted by atomic mass is 10.1. The molecule has 0 aliphatic heterocycles. The van der Waals surface area contributed by atoms with Crippen molar-refractivity contribution in [3.05, 3.63) is 69.3 Å². The van der Waals surface area contributed by atoms with Gasteiger partial charge in [0.15, 0.2) is 0 Å². The Morgan fingerprint density at radius 2 is 1.96 bits per heavy atom. The van der Waals surface area contributed by atoms with Gasteiger partial charge in [-0.25, -0.2) is 0 Å². The molecule has 0 radical (unpaired) electrons.